The number of unbranched alkanes of at least 4 members (excludes halogenated alkanes) is 2. The fourth-order valence-electron chi connectivity index (χ4n) is 3.96. The van der Waals surface area contributed by atoms with Gasteiger partial charge in [-0.2, -0.15) is 5.10 Å². The predicted molar refractivity (Wildman–Crippen MR) is 157 cm³/mol. The summed E-state index contributed by atoms with van der Waals surface area (Å²) in [6.07, 6.45) is 3.58. The van der Waals surface area contributed by atoms with Gasteiger partial charge in [0, 0.05) is 23.7 Å². The van der Waals surface area contributed by atoms with Gasteiger partial charge >= 0.3 is 6.03 Å². The maximum absolute atomic E-state index is 13.3. The number of carbonyl (C=O) groups is 2. The second-order valence-corrected chi connectivity index (χ2v) is 11.1. The molecule has 2 aromatic carbocycles. The van der Waals surface area contributed by atoms with E-state index in [9.17, 15) is 9.59 Å². The molecule has 38 heavy (non-hydrogen) atoms. The van der Waals surface area contributed by atoms with E-state index in [0.29, 0.717) is 28.1 Å². The normalized spacial score (nSPS) is 11.3. The molecule has 0 radical (unpaired) electrons. The number of rotatable bonds is 10. The van der Waals surface area contributed by atoms with E-state index in [2.05, 4.69) is 17.6 Å². The van der Waals surface area contributed by atoms with E-state index in [0.717, 1.165) is 42.6 Å². The molecule has 0 atom stereocenters. The summed E-state index contributed by atoms with van der Waals surface area (Å²) in [6.45, 7) is 10.7. The lowest BCUT2D eigenvalue weighted by molar-refractivity contribution is -0.116. The molecule has 0 aliphatic rings. The van der Waals surface area contributed by atoms with Crippen LogP contribution in [0.3, 0.4) is 0 Å². The van der Waals surface area contributed by atoms with E-state index >= 15 is 0 Å². The van der Waals surface area contributed by atoms with Crippen molar-refractivity contribution in [2.24, 2.45) is 0 Å². The van der Waals surface area contributed by atoms with Gasteiger partial charge < -0.3 is 15.5 Å². The molecule has 0 bridgehead atoms. The quantitative estimate of drug-likeness (QED) is 0.250. The molecule has 0 aliphatic carbocycles. The van der Waals surface area contributed by atoms with E-state index < -0.39 is 0 Å². The van der Waals surface area contributed by atoms with E-state index in [1.165, 1.54) is 0 Å². The lowest BCUT2D eigenvalue weighted by atomic mass is 9.92. The highest BCUT2D eigenvalue weighted by atomic mass is 35.5. The minimum atomic E-state index is -0.318. The molecule has 0 saturated heterocycles. The number of nitrogens with zero attached hydrogens (tertiary/aromatic N) is 3. The Bertz CT molecular complexity index is 1270. The highest BCUT2D eigenvalue weighted by Gasteiger charge is 2.23. The predicted octanol–water partition coefficient (Wildman–Crippen LogP) is 7.70. The second-order valence-electron chi connectivity index (χ2n) is 10.3. The van der Waals surface area contributed by atoms with Crippen molar-refractivity contribution in [1.29, 1.82) is 0 Å². The fraction of sp³-hybridized carbons (Fsp3) is 0.414. The van der Waals surface area contributed by atoms with E-state index in [4.69, 9.17) is 28.3 Å². The number of hydrogen-bond donors (Lipinski definition) is 2. The zero-order valence-corrected chi connectivity index (χ0v) is 24.3. The molecule has 7 nitrogen and oxygen atoms in total. The van der Waals surface area contributed by atoms with Crippen LogP contribution in [0.1, 0.15) is 65.1 Å². The van der Waals surface area contributed by atoms with Crippen molar-refractivity contribution in [3.8, 4) is 5.69 Å². The highest BCUT2D eigenvalue weighted by molar-refractivity contribution is 6.42. The lowest BCUT2D eigenvalue weighted by Crippen LogP contribution is -2.41. The van der Waals surface area contributed by atoms with Crippen LogP contribution in [-0.4, -0.2) is 39.7 Å². The molecule has 0 unspecified atom stereocenters. The van der Waals surface area contributed by atoms with Gasteiger partial charge in [-0.25, -0.2) is 9.48 Å². The molecule has 2 N–H and O–H groups in total. The Balaban J connectivity index is 1.84. The van der Waals surface area contributed by atoms with Crippen LogP contribution in [0.15, 0.2) is 48.5 Å². The number of hydrogen-bond acceptors (Lipinski definition) is 3. The summed E-state index contributed by atoms with van der Waals surface area (Å²) in [7, 11) is 0. The lowest BCUT2D eigenvalue weighted by Gasteiger charge is -2.23. The third kappa shape index (κ3) is 7.74. The maximum Gasteiger partial charge on any atom is 0.322 e. The molecular formula is C29H37Cl2N5O2. The van der Waals surface area contributed by atoms with Gasteiger partial charge in [-0.1, -0.05) is 88.9 Å². The zero-order chi connectivity index (χ0) is 27.9. The Hall–Kier alpha value is -3.03. The number of para-hydroxylation sites is 1. The van der Waals surface area contributed by atoms with E-state index in [1.807, 2.05) is 58.0 Å². The third-order valence-corrected chi connectivity index (χ3v) is 6.93. The largest absolute Gasteiger partial charge is 0.322 e. The summed E-state index contributed by atoms with van der Waals surface area (Å²) in [5, 5.41) is 11.5. The topological polar surface area (TPSA) is 79.3 Å². The molecule has 0 spiro atoms. The molecule has 1 aromatic heterocycles. The number of carbonyl (C=O) groups excluding carboxylic acids is 2. The number of benzene rings is 2. The third-order valence-electron chi connectivity index (χ3n) is 6.19. The van der Waals surface area contributed by atoms with Crippen LogP contribution >= 0.6 is 23.2 Å². The van der Waals surface area contributed by atoms with Crippen molar-refractivity contribution in [2.75, 3.05) is 23.7 Å². The summed E-state index contributed by atoms with van der Waals surface area (Å²) in [6, 6.07) is 14.4. The van der Waals surface area contributed by atoms with Gasteiger partial charge in [0.2, 0.25) is 5.91 Å². The zero-order valence-electron chi connectivity index (χ0n) is 22.8. The average Bonchev–Trinajstić information content (AvgIpc) is 3.29. The van der Waals surface area contributed by atoms with Crippen molar-refractivity contribution in [3.05, 3.63) is 69.8 Å². The number of urea groups is 1. The van der Waals surface area contributed by atoms with Crippen molar-refractivity contribution >= 4 is 46.6 Å². The van der Waals surface area contributed by atoms with Crippen LogP contribution in [-0.2, 0) is 16.6 Å². The number of aryl methyl sites for hydroxylation is 1. The van der Waals surface area contributed by atoms with Gasteiger partial charge in [0.25, 0.3) is 0 Å². The monoisotopic (exact) mass is 557 g/mol. The number of anilines is 2. The summed E-state index contributed by atoms with van der Waals surface area (Å²) >= 11 is 12.4. The Morgan fingerprint density at radius 2 is 1.71 bits per heavy atom. The molecule has 204 valence electrons. The SMILES string of the molecule is CCCCCN(CC(=O)Nc1cc(C(C)(C)C)nn1-c1ccc(Cl)c(Cl)c1)C(=O)Nc1ccccc1CC. The van der Waals surface area contributed by atoms with Crippen LogP contribution in [0, 0.1) is 0 Å². The Morgan fingerprint density at radius 1 is 0.974 bits per heavy atom. The molecule has 0 aliphatic heterocycles. The smallest absolute Gasteiger partial charge is 0.315 e. The highest BCUT2D eigenvalue weighted by Crippen LogP contribution is 2.29. The van der Waals surface area contributed by atoms with Crippen LogP contribution in [0.2, 0.25) is 10.0 Å². The van der Waals surface area contributed by atoms with Crippen LogP contribution in [0.4, 0.5) is 16.3 Å². The number of amides is 3. The van der Waals surface area contributed by atoms with Gasteiger partial charge in [-0.15, -0.1) is 0 Å². The first kappa shape index (κ1) is 29.5. The van der Waals surface area contributed by atoms with Crippen molar-refractivity contribution < 1.29 is 9.59 Å². The number of halogens is 2. The number of nitrogens with one attached hydrogen (secondary N) is 2. The minimum Gasteiger partial charge on any atom is -0.315 e. The van der Waals surface area contributed by atoms with Gasteiger partial charge in [0.15, 0.2) is 0 Å². The van der Waals surface area contributed by atoms with Gasteiger partial charge in [0.05, 0.1) is 21.4 Å². The molecular weight excluding hydrogens is 521 g/mol. The molecule has 0 fully saturated rings. The Morgan fingerprint density at radius 3 is 2.37 bits per heavy atom. The Labute approximate surface area is 235 Å². The first-order chi connectivity index (χ1) is 18.0. The average molecular weight is 559 g/mol. The summed E-state index contributed by atoms with van der Waals surface area (Å²) < 4.78 is 1.64. The minimum absolute atomic E-state index is 0.0960. The summed E-state index contributed by atoms with van der Waals surface area (Å²) in [5.41, 5.74) is 3.01. The fourth-order valence-corrected chi connectivity index (χ4v) is 4.25. The van der Waals surface area contributed by atoms with Gasteiger partial charge in [-0.3, -0.25) is 4.79 Å². The van der Waals surface area contributed by atoms with Crippen LogP contribution in [0.5, 0.6) is 0 Å². The van der Waals surface area contributed by atoms with Gasteiger partial charge in [0.1, 0.15) is 12.4 Å². The summed E-state index contributed by atoms with van der Waals surface area (Å²) in [4.78, 5) is 28.1. The second kappa shape index (κ2) is 13.2. The Kier molecular flexibility index (Phi) is 10.2. The van der Waals surface area contributed by atoms with Crippen LogP contribution in [0.25, 0.3) is 5.69 Å². The van der Waals surface area contributed by atoms with E-state index in [1.54, 1.807) is 27.8 Å². The maximum atomic E-state index is 13.3. The number of aromatic nitrogens is 2. The first-order valence-electron chi connectivity index (χ1n) is 13.0. The van der Waals surface area contributed by atoms with Crippen molar-refractivity contribution in [3.63, 3.8) is 0 Å². The molecule has 1 heterocycles. The van der Waals surface area contributed by atoms with Gasteiger partial charge in [-0.05, 0) is 42.7 Å². The molecule has 9 heteroatoms. The standard InChI is InChI=1S/C29H37Cl2N5O2/c1-6-8-11-16-35(28(38)32-24-13-10-9-12-20(24)7-2)19-27(37)33-26-18-25(29(3,4)5)34-36(26)21-14-15-22(30)23(31)17-21/h9-10,12-15,17-18H,6-8,11,16,19H2,1-5H3,(H,32,38)(H,33,37). The molecule has 3 amide bonds. The van der Waals surface area contributed by atoms with Crippen molar-refractivity contribution in [1.82, 2.24) is 14.7 Å². The van der Waals surface area contributed by atoms with E-state index in [-0.39, 0.29) is 23.9 Å². The van der Waals surface area contributed by atoms with Crippen LogP contribution < -0.4 is 10.6 Å². The summed E-state index contributed by atoms with van der Waals surface area (Å²) in [5.74, 6) is 0.172. The van der Waals surface area contributed by atoms with Crippen molar-refractivity contribution in [2.45, 2.75) is 65.7 Å². The molecule has 3 aromatic rings. The molecule has 0 saturated carbocycles. The first-order valence-corrected chi connectivity index (χ1v) is 13.8. The molecule has 3 rings (SSSR count).